The highest BCUT2D eigenvalue weighted by Gasteiger charge is 2.24. The van der Waals surface area contributed by atoms with Gasteiger partial charge < -0.3 is 14.9 Å². The van der Waals surface area contributed by atoms with Crippen LogP contribution in [-0.4, -0.2) is 36.0 Å². The van der Waals surface area contributed by atoms with Crippen LogP contribution in [0, 0.1) is 0 Å². The van der Waals surface area contributed by atoms with E-state index in [-0.39, 0.29) is 17.4 Å². The monoisotopic (exact) mass is 304 g/mol. The maximum atomic E-state index is 11.9. The van der Waals surface area contributed by atoms with Crippen molar-refractivity contribution in [2.45, 2.75) is 33.1 Å². The standard InChI is InChI=1S/C16H20N2O4/c1-3-6-17(11(2)19)13-8-12(16(21)22)9-14(10-13)18-7-4-5-15(18)20/h8-10H,3-7H2,1-2H3,(H,21,22). The summed E-state index contributed by atoms with van der Waals surface area (Å²) in [7, 11) is 0. The predicted molar refractivity (Wildman–Crippen MR) is 83.3 cm³/mol. The van der Waals surface area contributed by atoms with Gasteiger partial charge in [-0.25, -0.2) is 4.79 Å². The summed E-state index contributed by atoms with van der Waals surface area (Å²) in [5, 5.41) is 9.29. The Kier molecular flexibility index (Phi) is 4.80. The summed E-state index contributed by atoms with van der Waals surface area (Å²) in [4.78, 5) is 38.2. The van der Waals surface area contributed by atoms with Gasteiger partial charge in [0.15, 0.2) is 0 Å². The zero-order valence-corrected chi connectivity index (χ0v) is 12.8. The second-order valence-corrected chi connectivity index (χ2v) is 5.36. The summed E-state index contributed by atoms with van der Waals surface area (Å²) in [6, 6.07) is 4.68. The molecule has 0 atom stereocenters. The van der Waals surface area contributed by atoms with Crippen LogP contribution in [0.3, 0.4) is 0 Å². The highest BCUT2D eigenvalue weighted by atomic mass is 16.4. The molecule has 0 saturated carbocycles. The van der Waals surface area contributed by atoms with Crippen molar-refractivity contribution in [1.82, 2.24) is 0 Å². The quantitative estimate of drug-likeness (QED) is 0.905. The summed E-state index contributed by atoms with van der Waals surface area (Å²) < 4.78 is 0. The van der Waals surface area contributed by atoms with Crippen molar-refractivity contribution in [3.8, 4) is 0 Å². The number of anilines is 2. The maximum Gasteiger partial charge on any atom is 0.335 e. The number of nitrogens with zero attached hydrogens (tertiary/aromatic N) is 2. The van der Waals surface area contributed by atoms with E-state index in [0.717, 1.165) is 12.8 Å². The lowest BCUT2D eigenvalue weighted by Gasteiger charge is -2.24. The number of rotatable bonds is 5. The van der Waals surface area contributed by atoms with E-state index in [1.807, 2.05) is 6.92 Å². The number of carbonyl (C=O) groups is 3. The Morgan fingerprint density at radius 1 is 1.32 bits per heavy atom. The molecule has 2 rings (SSSR count). The fraction of sp³-hybridized carbons (Fsp3) is 0.438. The second kappa shape index (κ2) is 6.60. The van der Waals surface area contributed by atoms with Crippen molar-refractivity contribution in [2.24, 2.45) is 0 Å². The van der Waals surface area contributed by atoms with Crippen molar-refractivity contribution in [3.63, 3.8) is 0 Å². The molecule has 118 valence electrons. The average molecular weight is 304 g/mol. The lowest BCUT2D eigenvalue weighted by Crippen LogP contribution is -2.30. The Morgan fingerprint density at radius 3 is 2.55 bits per heavy atom. The lowest BCUT2D eigenvalue weighted by molar-refractivity contribution is -0.117. The minimum Gasteiger partial charge on any atom is -0.478 e. The highest BCUT2D eigenvalue weighted by Crippen LogP contribution is 2.28. The first-order valence-corrected chi connectivity index (χ1v) is 7.41. The van der Waals surface area contributed by atoms with Gasteiger partial charge in [0.1, 0.15) is 0 Å². The number of carboxylic acid groups (broad SMARTS) is 1. The Labute approximate surface area is 129 Å². The molecule has 0 bridgehead atoms. The molecule has 1 fully saturated rings. The molecule has 0 radical (unpaired) electrons. The van der Waals surface area contributed by atoms with Gasteiger partial charge in [0.2, 0.25) is 11.8 Å². The topological polar surface area (TPSA) is 77.9 Å². The van der Waals surface area contributed by atoms with E-state index in [0.29, 0.717) is 30.9 Å². The van der Waals surface area contributed by atoms with Crippen molar-refractivity contribution in [1.29, 1.82) is 0 Å². The molecule has 1 N–H and O–H groups in total. The van der Waals surface area contributed by atoms with E-state index < -0.39 is 5.97 Å². The van der Waals surface area contributed by atoms with Gasteiger partial charge in [0.25, 0.3) is 0 Å². The summed E-state index contributed by atoms with van der Waals surface area (Å²) in [6.07, 6.45) is 1.99. The molecule has 0 aliphatic carbocycles. The number of carboxylic acids is 1. The third-order valence-electron chi connectivity index (χ3n) is 3.67. The molecule has 1 aliphatic rings. The van der Waals surface area contributed by atoms with E-state index in [1.165, 1.54) is 24.0 Å². The molecule has 1 aliphatic heterocycles. The highest BCUT2D eigenvalue weighted by molar-refractivity contribution is 6.00. The molecular formula is C16H20N2O4. The third-order valence-corrected chi connectivity index (χ3v) is 3.67. The number of hydrogen-bond acceptors (Lipinski definition) is 3. The zero-order valence-electron chi connectivity index (χ0n) is 12.8. The number of amides is 2. The molecule has 1 heterocycles. The van der Waals surface area contributed by atoms with E-state index in [2.05, 4.69) is 0 Å². The number of hydrogen-bond donors (Lipinski definition) is 1. The zero-order chi connectivity index (χ0) is 16.3. The Balaban J connectivity index is 2.49. The molecule has 6 heteroatoms. The summed E-state index contributed by atoms with van der Waals surface area (Å²) in [5.74, 6) is -1.24. The van der Waals surface area contributed by atoms with Gasteiger partial charge in [0.05, 0.1) is 5.56 Å². The van der Waals surface area contributed by atoms with Crippen LogP contribution in [0.25, 0.3) is 0 Å². The van der Waals surface area contributed by atoms with E-state index in [4.69, 9.17) is 0 Å². The lowest BCUT2D eigenvalue weighted by atomic mass is 10.1. The van der Waals surface area contributed by atoms with Crippen molar-refractivity contribution < 1.29 is 19.5 Å². The first kappa shape index (κ1) is 16.0. The molecule has 1 aromatic rings. The first-order valence-electron chi connectivity index (χ1n) is 7.41. The molecule has 0 spiro atoms. The summed E-state index contributed by atoms with van der Waals surface area (Å²) >= 11 is 0. The number of aromatic carboxylic acids is 1. The van der Waals surface area contributed by atoms with Crippen LogP contribution in [0.1, 0.15) is 43.5 Å². The Morgan fingerprint density at radius 2 is 2.05 bits per heavy atom. The molecule has 2 amide bonds. The fourth-order valence-corrected chi connectivity index (χ4v) is 2.64. The van der Waals surface area contributed by atoms with Crippen molar-refractivity contribution in [3.05, 3.63) is 23.8 Å². The van der Waals surface area contributed by atoms with Crippen molar-refractivity contribution in [2.75, 3.05) is 22.9 Å². The molecular weight excluding hydrogens is 284 g/mol. The van der Waals surface area contributed by atoms with Gasteiger partial charge in [-0.1, -0.05) is 6.92 Å². The predicted octanol–water partition coefficient (Wildman–Crippen LogP) is 2.27. The molecule has 0 unspecified atom stereocenters. The van der Waals surface area contributed by atoms with Gasteiger partial charge >= 0.3 is 5.97 Å². The van der Waals surface area contributed by atoms with Crippen LogP contribution in [0.15, 0.2) is 18.2 Å². The van der Waals surface area contributed by atoms with Crippen LogP contribution in [0.4, 0.5) is 11.4 Å². The molecule has 1 saturated heterocycles. The van der Waals surface area contributed by atoms with Gasteiger partial charge in [-0.05, 0) is 31.0 Å². The summed E-state index contributed by atoms with van der Waals surface area (Å²) in [5.41, 5.74) is 1.14. The molecule has 0 aromatic heterocycles. The number of carbonyl (C=O) groups excluding carboxylic acids is 2. The molecule has 6 nitrogen and oxygen atoms in total. The van der Waals surface area contributed by atoms with E-state index in [9.17, 15) is 19.5 Å². The van der Waals surface area contributed by atoms with Crippen LogP contribution < -0.4 is 9.80 Å². The van der Waals surface area contributed by atoms with Crippen LogP contribution in [0.2, 0.25) is 0 Å². The Bertz CT molecular complexity index is 612. The average Bonchev–Trinajstić information content (AvgIpc) is 2.90. The first-order chi connectivity index (χ1) is 10.4. The smallest absolute Gasteiger partial charge is 0.335 e. The van der Waals surface area contributed by atoms with Crippen molar-refractivity contribution >= 4 is 29.2 Å². The minimum absolute atomic E-state index is 0.0154. The van der Waals surface area contributed by atoms with Crippen LogP contribution >= 0.6 is 0 Å². The third kappa shape index (κ3) is 3.27. The number of benzene rings is 1. The maximum absolute atomic E-state index is 11.9. The second-order valence-electron chi connectivity index (χ2n) is 5.36. The largest absolute Gasteiger partial charge is 0.478 e. The van der Waals surface area contributed by atoms with Gasteiger partial charge in [-0.2, -0.15) is 0 Å². The van der Waals surface area contributed by atoms with Gasteiger partial charge in [-0.3, -0.25) is 9.59 Å². The van der Waals surface area contributed by atoms with E-state index in [1.54, 1.807) is 11.0 Å². The Hall–Kier alpha value is -2.37. The minimum atomic E-state index is -1.07. The molecule has 1 aromatic carbocycles. The van der Waals surface area contributed by atoms with Gasteiger partial charge in [-0.15, -0.1) is 0 Å². The molecule has 22 heavy (non-hydrogen) atoms. The van der Waals surface area contributed by atoms with Gasteiger partial charge in [0, 0.05) is 37.8 Å². The van der Waals surface area contributed by atoms with Crippen LogP contribution in [-0.2, 0) is 9.59 Å². The fourth-order valence-electron chi connectivity index (χ4n) is 2.64. The van der Waals surface area contributed by atoms with Crippen LogP contribution in [0.5, 0.6) is 0 Å². The normalized spacial score (nSPS) is 14.3. The summed E-state index contributed by atoms with van der Waals surface area (Å²) in [6.45, 7) is 4.48. The van der Waals surface area contributed by atoms with E-state index >= 15 is 0 Å². The SMILES string of the molecule is CCCN(C(C)=O)c1cc(C(=O)O)cc(N2CCCC2=O)c1.